The lowest BCUT2D eigenvalue weighted by atomic mass is 9.45. The van der Waals surface area contributed by atoms with E-state index in [0.29, 0.717) is 12.3 Å². The summed E-state index contributed by atoms with van der Waals surface area (Å²) in [4.78, 5) is 11.6. The normalized spacial score (nSPS) is 38.6. The van der Waals surface area contributed by atoms with Crippen molar-refractivity contribution in [3.05, 3.63) is 0 Å². The molecule has 0 aromatic rings. The number of ketones is 1. The summed E-state index contributed by atoms with van der Waals surface area (Å²) in [5.41, 5.74) is 0.0310. The van der Waals surface area contributed by atoms with Crippen LogP contribution < -0.4 is 0 Å². The molecule has 5 heteroatoms. The first-order chi connectivity index (χ1) is 6.72. The molecule has 3 unspecified atom stereocenters. The van der Waals surface area contributed by atoms with E-state index in [1.54, 1.807) is 0 Å². The molecular formula is C10H15O4S-. The lowest BCUT2D eigenvalue weighted by Gasteiger charge is -2.59. The smallest absolute Gasteiger partial charge is 0.137 e. The van der Waals surface area contributed by atoms with Gasteiger partial charge in [0.1, 0.15) is 5.78 Å². The number of fused-ring (bicyclic) bond motifs is 2. The average Bonchev–Trinajstić information content (AvgIpc) is 2.05. The Kier molecular flexibility index (Phi) is 2.25. The fraction of sp³-hybridized carbons (Fsp3) is 0.900. The van der Waals surface area contributed by atoms with Crippen LogP contribution in [0.4, 0.5) is 0 Å². The van der Waals surface area contributed by atoms with Gasteiger partial charge in [-0.25, -0.2) is 8.42 Å². The van der Waals surface area contributed by atoms with Crippen molar-refractivity contribution >= 4 is 15.9 Å². The molecule has 86 valence electrons. The minimum Gasteiger partial charge on any atom is -0.748 e. The van der Waals surface area contributed by atoms with Gasteiger partial charge in [-0.1, -0.05) is 13.8 Å². The van der Waals surface area contributed by atoms with Crippen molar-refractivity contribution in [1.82, 2.24) is 0 Å². The monoisotopic (exact) mass is 231 g/mol. The first-order valence-electron chi connectivity index (χ1n) is 5.18. The number of carbonyl (C=O) groups excluding carboxylic acids is 1. The van der Waals surface area contributed by atoms with E-state index in [-0.39, 0.29) is 17.1 Å². The van der Waals surface area contributed by atoms with Gasteiger partial charge in [0.25, 0.3) is 0 Å². The molecule has 0 spiro atoms. The second-order valence-electron chi connectivity index (χ2n) is 5.36. The highest BCUT2D eigenvalue weighted by Gasteiger charge is 2.57. The number of Topliss-reactive ketones (excluding diaryl/α,β-unsaturated/α-hetero) is 1. The Morgan fingerprint density at radius 2 is 2.07 bits per heavy atom. The molecule has 0 radical (unpaired) electrons. The van der Waals surface area contributed by atoms with Crippen molar-refractivity contribution in [3.8, 4) is 0 Å². The average molecular weight is 231 g/mol. The Hall–Kier alpha value is -0.420. The molecule has 3 saturated carbocycles. The maximum Gasteiger partial charge on any atom is 0.137 e. The van der Waals surface area contributed by atoms with Crippen LogP contribution in [0.3, 0.4) is 0 Å². The summed E-state index contributed by atoms with van der Waals surface area (Å²) in [6.45, 7) is 4.12. The Morgan fingerprint density at radius 3 is 2.53 bits per heavy atom. The van der Waals surface area contributed by atoms with Crippen molar-refractivity contribution in [2.75, 3.05) is 5.75 Å². The molecule has 0 saturated heterocycles. The lowest BCUT2D eigenvalue weighted by Crippen LogP contribution is -2.57. The van der Waals surface area contributed by atoms with E-state index in [1.807, 2.05) is 0 Å². The van der Waals surface area contributed by atoms with Gasteiger partial charge in [0.05, 0.1) is 10.1 Å². The van der Waals surface area contributed by atoms with Crippen LogP contribution in [-0.2, 0) is 14.9 Å². The molecule has 0 N–H and O–H groups in total. The summed E-state index contributed by atoms with van der Waals surface area (Å²) in [5, 5.41) is 0. The highest BCUT2D eigenvalue weighted by molar-refractivity contribution is 7.85. The maximum absolute atomic E-state index is 11.6. The minimum atomic E-state index is -4.29. The largest absolute Gasteiger partial charge is 0.748 e. The predicted octanol–water partition coefficient (Wildman–Crippen LogP) is 0.783. The zero-order valence-electron chi connectivity index (χ0n) is 8.89. The summed E-state index contributed by atoms with van der Waals surface area (Å²) in [6.07, 6.45) is 1.35. The molecule has 0 heterocycles. The third-order valence-electron chi connectivity index (χ3n) is 4.28. The fourth-order valence-electron chi connectivity index (χ4n) is 3.13. The standard InChI is InChI=1S/C10H16O4S/c1-10(2)6-3-8(10)7(9(11)4-6)5-15(12,13)14/h6-8H,3-5H2,1-2H3,(H,12,13,14)/p-1. The topological polar surface area (TPSA) is 74.3 Å². The van der Waals surface area contributed by atoms with Crippen molar-refractivity contribution in [1.29, 1.82) is 0 Å². The molecule has 2 bridgehead atoms. The van der Waals surface area contributed by atoms with E-state index >= 15 is 0 Å². The van der Waals surface area contributed by atoms with E-state index in [0.717, 1.165) is 6.42 Å². The second-order valence-corrected chi connectivity index (χ2v) is 6.81. The zero-order valence-corrected chi connectivity index (χ0v) is 9.71. The molecule has 0 aliphatic heterocycles. The van der Waals surface area contributed by atoms with Crippen LogP contribution in [0.5, 0.6) is 0 Å². The number of carbonyl (C=O) groups is 1. The van der Waals surface area contributed by atoms with Gasteiger partial charge < -0.3 is 4.55 Å². The molecule has 3 atom stereocenters. The van der Waals surface area contributed by atoms with Crippen LogP contribution in [0, 0.1) is 23.2 Å². The van der Waals surface area contributed by atoms with E-state index in [4.69, 9.17) is 0 Å². The van der Waals surface area contributed by atoms with E-state index in [2.05, 4.69) is 13.8 Å². The van der Waals surface area contributed by atoms with Crippen LogP contribution in [0.25, 0.3) is 0 Å². The molecular weight excluding hydrogens is 216 g/mol. The summed E-state index contributed by atoms with van der Waals surface area (Å²) >= 11 is 0. The summed E-state index contributed by atoms with van der Waals surface area (Å²) in [7, 11) is -4.29. The molecule has 3 rings (SSSR count). The molecule has 15 heavy (non-hydrogen) atoms. The molecule has 0 aromatic carbocycles. The lowest BCUT2D eigenvalue weighted by molar-refractivity contribution is -0.152. The highest BCUT2D eigenvalue weighted by atomic mass is 32.2. The van der Waals surface area contributed by atoms with E-state index < -0.39 is 21.8 Å². The first-order valence-corrected chi connectivity index (χ1v) is 6.76. The van der Waals surface area contributed by atoms with Crippen molar-refractivity contribution in [2.45, 2.75) is 26.7 Å². The molecule has 0 amide bonds. The molecule has 3 aliphatic carbocycles. The van der Waals surface area contributed by atoms with Crippen LogP contribution in [0.1, 0.15) is 26.7 Å². The van der Waals surface area contributed by atoms with E-state index in [1.165, 1.54) is 0 Å². The molecule has 4 nitrogen and oxygen atoms in total. The van der Waals surface area contributed by atoms with Gasteiger partial charge >= 0.3 is 0 Å². The third kappa shape index (κ3) is 1.72. The fourth-order valence-corrected chi connectivity index (χ4v) is 3.99. The van der Waals surface area contributed by atoms with E-state index in [9.17, 15) is 17.8 Å². The van der Waals surface area contributed by atoms with Gasteiger partial charge in [0, 0.05) is 18.1 Å². The SMILES string of the molecule is CC1(C)C2CC(=O)C(CS(=O)(=O)[O-])C1C2. The molecule has 3 fully saturated rings. The third-order valence-corrected chi connectivity index (χ3v) is 5.04. The van der Waals surface area contributed by atoms with Gasteiger partial charge in [-0.3, -0.25) is 4.79 Å². The van der Waals surface area contributed by atoms with Gasteiger partial charge in [-0.2, -0.15) is 0 Å². The van der Waals surface area contributed by atoms with Crippen LogP contribution >= 0.6 is 0 Å². The van der Waals surface area contributed by atoms with Gasteiger partial charge in [0.2, 0.25) is 0 Å². The maximum atomic E-state index is 11.6. The predicted molar refractivity (Wildman–Crippen MR) is 53.1 cm³/mol. The van der Waals surface area contributed by atoms with Crippen LogP contribution in [0.2, 0.25) is 0 Å². The second kappa shape index (κ2) is 3.04. The Balaban J connectivity index is 2.20. The van der Waals surface area contributed by atoms with Crippen LogP contribution in [0.15, 0.2) is 0 Å². The number of rotatable bonds is 2. The Labute approximate surface area is 89.8 Å². The summed E-state index contributed by atoms with van der Waals surface area (Å²) in [5.74, 6) is -0.609. The summed E-state index contributed by atoms with van der Waals surface area (Å²) < 4.78 is 32.1. The van der Waals surface area contributed by atoms with Crippen molar-refractivity contribution in [2.24, 2.45) is 23.2 Å². The molecule has 3 aliphatic rings. The summed E-state index contributed by atoms with van der Waals surface area (Å²) in [6, 6.07) is 0. The zero-order chi connectivity index (χ0) is 11.4. The molecule has 0 aromatic heterocycles. The van der Waals surface area contributed by atoms with Crippen molar-refractivity contribution < 1.29 is 17.8 Å². The number of hydrogen-bond donors (Lipinski definition) is 0. The minimum absolute atomic E-state index is 0.0310. The Morgan fingerprint density at radius 1 is 1.47 bits per heavy atom. The Bertz CT molecular complexity index is 396. The highest BCUT2D eigenvalue weighted by Crippen LogP contribution is 2.60. The van der Waals surface area contributed by atoms with Gasteiger partial charge in [-0.05, 0) is 23.7 Å². The van der Waals surface area contributed by atoms with Crippen LogP contribution in [-0.4, -0.2) is 24.5 Å². The number of hydrogen-bond acceptors (Lipinski definition) is 4. The van der Waals surface area contributed by atoms with Crippen molar-refractivity contribution in [3.63, 3.8) is 0 Å². The van der Waals surface area contributed by atoms with Gasteiger partial charge in [0.15, 0.2) is 0 Å². The quantitative estimate of drug-likeness (QED) is 0.658. The first kappa shape index (κ1) is 11.1. The van der Waals surface area contributed by atoms with Gasteiger partial charge in [-0.15, -0.1) is 0 Å².